The van der Waals surface area contributed by atoms with Gasteiger partial charge in [0.15, 0.2) is 5.82 Å². The van der Waals surface area contributed by atoms with E-state index >= 15 is 0 Å². The van der Waals surface area contributed by atoms with Crippen LogP contribution in [0, 0.1) is 20.8 Å². The van der Waals surface area contributed by atoms with Crippen molar-refractivity contribution >= 4 is 33.7 Å². The van der Waals surface area contributed by atoms with E-state index in [1.165, 1.54) is 43.8 Å². The SMILES string of the molecule is Cc1c(-c2[nH]c3sc(C4CC(N)C4)c(C)c3c2C(C)C)cnc(N=CN)c1C. The first-order valence-corrected chi connectivity index (χ1v) is 10.8. The van der Waals surface area contributed by atoms with Gasteiger partial charge in [-0.1, -0.05) is 13.8 Å². The van der Waals surface area contributed by atoms with Gasteiger partial charge in [0.05, 0.1) is 12.0 Å². The molecule has 0 aliphatic heterocycles. The molecule has 0 saturated heterocycles. The van der Waals surface area contributed by atoms with Gasteiger partial charge in [-0.25, -0.2) is 9.98 Å². The van der Waals surface area contributed by atoms with E-state index in [0.29, 0.717) is 23.7 Å². The lowest BCUT2D eigenvalue weighted by Crippen LogP contribution is -2.34. The molecule has 1 fully saturated rings. The monoisotopic (exact) mass is 395 g/mol. The summed E-state index contributed by atoms with van der Waals surface area (Å²) in [5.74, 6) is 1.72. The number of fused-ring (bicyclic) bond motifs is 1. The van der Waals surface area contributed by atoms with Crippen LogP contribution in [0.1, 0.15) is 65.7 Å². The van der Waals surface area contributed by atoms with E-state index in [2.05, 4.69) is 49.6 Å². The third-order valence-corrected chi connectivity index (χ3v) is 7.54. The Morgan fingerprint density at radius 2 is 1.93 bits per heavy atom. The first-order chi connectivity index (χ1) is 13.3. The Balaban J connectivity index is 1.89. The highest BCUT2D eigenvalue weighted by Crippen LogP contribution is 2.48. The molecule has 0 bridgehead atoms. The molecule has 3 aromatic rings. The van der Waals surface area contributed by atoms with Crippen LogP contribution in [0.2, 0.25) is 0 Å². The van der Waals surface area contributed by atoms with E-state index in [1.807, 2.05) is 17.5 Å². The summed E-state index contributed by atoms with van der Waals surface area (Å²) in [4.78, 5) is 15.3. The fourth-order valence-corrected chi connectivity index (χ4v) is 5.80. The molecular formula is C22H29N5S. The van der Waals surface area contributed by atoms with Crippen LogP contribution in [0.15, 0.2) is 11.2 Å². The Hall–Kier alpha value is -2.18. The summed E-state index contributed by atoms with van der Waals surface area (Å²) in [6.45, 7) is 11.0. The van der Waals surface area contributed by atoms with Gasteiger partial charge in [-0.15, -0.1) is 11.3 Å². The zero-order valence-electron chi connectivity index (χ0n) is 17.3. The number of nitrogens with two attached hydrogens (primary N) is 2. The molecule has 3 heterocycles. The average molecular weight is 396 g/mol. The molecule has 1 aliphatic carbocycles. The average Bonchev–Trinajstić information content (AvgIpc) is 3.13. The topological polar surface area (TPSA) is 93.1 Å². The van der Waals surface area contributed by atoms with Gasteiger partial charge in [-0.05, 0) is 67.7 Å². The van der Waals surface area contributed by atoms with E-state index in [-0.39, 0.29) is 0 Å². The van der Waals surface area contributed by atoms with Crippen molar-refractivity contribution < 1.29 is 0 Å². The smallest absolute Gasteiger partial charge is 0.156 e. The van der Waals surface area contributed by atoms with E-state index in [0.717, 1.165) is 24.0 Å². The summed E-state index contributed by atoms with van der Waals surface area (Å²) in [7, 11) is 0. The first-order valence-electron chi connectivity index (χ1n) is 9.94. The highest BCUT2D eigenvalue weighted by molar-refractivity contribution is 7.19. The number of hydrogen-bond donors (Lipinski definition) is 3. The molecule has 0 aromatic carbocycles. The van der Waals surface area contributed by atoms with Crippen LogP contribution in [0.3, 0.4) is 0 Å². The van der Waals surface area contributed by atoms with Gasteiger partial charge in [0.1, 0.15) is 4.83 Å². The van der Waals surface area contributed by atoms with Crippen molar-refractivity contribution in [3.05, 3.63) is 33.3 Å². The quantitative estimate of drug-likeness (QED) is 0.420. The number of pyridine rings is 1. The minimum Gasteiger partial charge on any atom is -0.390 e. The maximum absolute atomic E-state index is 6.04. The predicted octanol–water partition coefficient (Wildman–Crippen LogP) is 5.16. The standard InChI is InChI=1S/C22H29N5S/c1-10(2)17-18-13(5)20(14-6-15(24)7-14)28-22(18)27-19(17)16-8-25-21(26-9-23)12(4)11(16)3/h8-10,14-15,27H,6-7,24H2,1-5H3,(H2,23,25,26). The fourth-order valence-electron chi connectivity index (χ4n) is 4.45. The molecule has 0 radical (unpaired) electrons. The molecule has 3 aromatic heterocycles. The molecule has 1 aliphatic rings. The van der Waals surface area contributed by atoms with E-state index < -0.39 is 0 Å². The highest BCUT2D eigenvalue weighted by atomic mass is 32.1. The predicted molar refractivity (Wildman–Crippen MR) is 120 cm³/mol. The third-order valence-electron chi connectivity index (χ3n) is 6.17. The lowest BCUT2D eigenvalue weighted by atomic mass is 9.78. The third kappa shape index (κ3) is 2.86. The number of aliphatic imine (C=N–C) groups is 1. The second-order valence-electron chi connectivity index (χ2n) is 8.32. The minimum atomic E-state index is 0.372. The van der Waals surface area contributed by atoms with Gasteiger partial charge >= 0.3 is 0 Å². The van der Waals surface area contributed by atoms with Crippen molar-refractivity contribution in [1.82, 2.24) is 9.97 Å². The molecule has 0 unspecified atom stereocenters. The summed E-state index contributed by atoms with van der Waals surface area (Å²) in [6.07, 6.45) is 5.45. The van der Waals surface area contributed by atoms with Gasteiger partial charge < -0.3 is 16.5 Å². The van der Waals surface area contributed by atoms with Crippen molar-refractivity contribution in [3.63, 3.8) is 0 Å². The van der Waals surface area contributed by atoms with Crippen molar-refractivity contribution in [3.8, 4) is 11.3 Å². The molecular weight excluding hydrogens is 366 g/mol. The van der Waals surface area contributed by atoms with Crippen LogP contribution >= 0.6 is 11.3 Å². The van der Waals surface area contributed by atoms with Crippen molar-refractivity contribution in [2.24, 2.45) is 16.5 Å². The molecule has 0 spiro atoms. The van der Waals surface area contributed by atoms with Crippen LogP contribution < -0.4 is 11.5 Å². The highest BCUT2D eigenvalue weighted by Gasteiger charge is 2.32. The van der Waals surface area contributed by atoms with Crippen molar-refractivity contribution in [1.29, 1.82) is 0 Å². The molecule has 6 heteroatoms. The van der Waals surface area contributed by atoms with E-state index in [4.69, 9.17) is 11.5 Å². The zero-order valence-corrected chi connectivity index (χ0v) is 18.1. The number of rotatable bonds is 4. The van der Waals surface area contributed by atoms with Crippen LogP contribution in [0.4, 0.5) is 5.82 Å². The van der Waals surface area contributed by atoms with Gasteiger partial charge in [0, 0.05) is 28.1 Å². The number of nitrogens with one attached hydrogen (secondary N) is 1. The van der Waals surface area contributed by atoms with Crippen LogP contribution in [-0.4, -0.2) is 22.3 Å². The summed E-state index contributed by atoms with van der Waals surface area (Å²) < 4.78 is 0. The summed E-state index contributed by atoms with van der Waals surface area (Å²) >= 11 is 1.91. The molecule has 0 amide bonds. The number of nitrogens with zero attached hydrogens (tertiary/aromatic N) is 2. The summed E-state index contributed by atoms with van der Waals surface area (Å²) in [6, 6.07) is 0.372. The van der Waals surface area contributed by atoms with Gasteiger partial charge in [-0.3, -0.25) is 0 Å². The fraction of sp³-hybridized carbons (Fsp3) is 0.455. The first kappa shape index (κ1) is 19.2. The number of thiophene rings is 1. The molecule has 5 nitrogen and oxygen atoms in total. The molecule has 4 rings (SSSR count). The zero-order chi connectivity index (χ0) is 20.2. The molecule has 0 atom stereocenters. The van der Waals surface area contributed by atoms with Crippen LogP contribution in [0.25, 0.3) is 21.5 Å². The van der Waals surface area contributed by atoms with Crippen LogP contribution in [0.5, 0.6) is 0 Å². The van der Waals surface area contributed by atoms with E-state index in [9.17, 15) is 0 Å². The molecule has 1 saturated carbocycles. The summed E-state index contributed by atoms with van der Waals surface area (Å²) in [5, 5.41) is 1.39. The van der Waals surface area contributed by atoms with Gasteiger partial charge in [0.2, 0.25) is 0 Å². The Morgan fingerprint density at radius 1 is 1.21 bits per heavy atom. The van der Waals surface area contributed by atoms with E-state index in [1.54, 1.807) is 0 Å². The maximum atomic E-state index is 6.04. The Kier molecular flexibility index (Phi) is 4.79. The van der Waals surface area contributed by atoms with Crippen LogP contribution in [-0.2, 0) is 0 Å². The lowest BCUT2D eigenvalue weighted by molar-refractivity contribution is 0.355. The molecule has 5 N–H and O–H groups in total. The van der Waals surface area contributed by atoms with Gasteiger partial charge in [0.25, 0.3) is 0 Å². The Bertz CT molecular complexity index is 1070. The number of hydrogen-bond acceptors (Lipinski definition) is 4. The lowest BCUT2D eigenvalue weighted by Gasteiger charge is -2.32. The maximum Gasteiger partial charge on any atom is 0.156 e. The van der Waals surface area contributed by atoms with Crippen molar-refractivity contribution in [2.75, 3.05) is 0 Å². The largest absolute Gasteiger partial charge is 0.390 e. The van der Waals surface area contributed by atoms with Crippen molar-refractivity contribution in [2.45, 2.75) is 65.3 Å². The molecule has 28 heavy (non-hydrogen) atoms. The van der Waals surface area contributed by atoms with Gasteiger partial charge in [-0.2, -0.15) is 0 Å². The number of H-pyrrole nitrogens is 1. The minimum absolute atomic E-state index is 0.372. The Morgan fingerprint density at radius 3 is 2.54 bits per heavy atom. The number of aromatic nitrogens is 2. The Labute approximate surface area is 170 Å². The number of aryl methyl sites for hydroxylation is 1. The summed E-state index contributed by atoms with van der Waals surface area (Å²) in [5.41, 5.74) is 18.9. The normalized spacial score (nSPS) is 19.8. The number of aromatic amines is 1. The second kappa shape index (κ2) is 7.01. The second-order valence-corrected chi connectivity index (χ2v) is 9.37. The molecule has 148 valence electrons.